The van der Waals surface area contributed by atoms with Gasteiger partial charge < -0.3 is 14.6 Å². The average Bonchev–Trinajstić information content (AvgIpc) is 3.04. The topological polar surface area (TPSA) is 39.1 Å². The lowest BCUT2D eigenvalue weighted by Gasteiger charge is -2.19. The first-order valence-corrected chi connectivity index (χ1v) is 7.60. The molecule has 2 unspecified atom stereocenters. The number of aryl methyl sites for hydroxylation is 2. The molecule has 0 aliphatic carbocycles. The summed E-state index contributed by atoms with van der Waals surface area (Å²) in [5, 5.41) is 3.60. The molecule has 1 aromatic heterocycles. The first-order chi connectivity index (χ1) is 9.29. The quantitative estimate of drug-likeness (QED) is 0.784. The van der Waals surface area contributed by atoms with Crippen molar-refractivity contribution in [3.8, 4) is 0 Å². The first kappa shape index (κ1) is 14.5. The third-order valence-corrected chi connectivity index (χ3v) is 3.99. The van der Waals surface area contributed by atoms with Gasteiger partial charge in [-0.2, -0.15) is 0 Å². The van der Waals surface area contributed by atoms with E-state index in [9.17, 15) is 0 Å². The van der Waals surface area contributed by atoms with Crippen molar-refractivity contribution in [2.24, 2.45) is 7.05 Å². The zero-order chi connectivity index (χ0) is 13.5. The van der Waals surface area contributed by atoms with Gasteiger partial charge >= 0.3 is 0 Å². The fraction of sp³-hybridized carbons (Fsp3) is 0.800. The van der Waals surface area contributed by atoms with E-state index in [0.717, 1.165) is 26.0 Å². The maximum Gasteiger partial charge on any atom is 0.108 e. The number of nitrogens with one attached hydrogen (secondary N) is 1. The predicted octanol–water partition coefficient (Wildman–Crippen LogP) is 2.29. The van der Waals surface area contributed by atoms with E-state index in [-0.39, 0.29) is 0 Å². The Morgan fingerprint density at radius 2 is 2.42 bits per heavy atom. The number of hydrogen-bond donors (Lipinski definition) is 1. The molecular formula is C15H27N3O. The van der Waals surface area contributed by atoms with Gasteiger partial charge in [-0.3, -0.25) is 0 Å². The van der Waals surface area contributed by atoms with Crippen LogP contribution in [0.4, 0.5) is 0 Å². The van der Waals surface area contributed by atoms with Crippen molar-refractivity contribution in [2.75, 3.05) is 13.2 Å². The number of hydrogen-bond acceptors (Lipinski definition) is 3. The highest BCUT2D eigenvalue weighted by atomic mass is 16.5. The van der Waals surface area contributed by atoms with Gasteiger partial charge in [0.1, 0.15) is 5.82 Å². The molecule has 1 aromatic rings. The molecule has 1 aliphatic heterocycles. The number of imidazole rings is 1. The van der Waals surface area contributed by atoms with Gasteiger partial charge in [-0.25, -0.2) is 4.98 Å². The van der Waals surface area contributed by atoms with Crippen LogP contribution in [0.15, 0.2) is 12.4 Å². The van der Waals surface area contributed by atoms with Gasteiger partial charge in [-0.05, 0) is 38.6 Å². The molecule has 0 saturated carbocycles. The molecule has 0 amide bonds. The number of rotatable bonds is 8. The fourth-order valence-electron chi connectivity index (χ4n) is 2.84. The number of nitrogens with zero attached hydrogens (tertiary/aromatic N) is 2. The summed E-state index contributed by atoms with van der Waals surface area (Å²) < 4.78 is 7.82. The third kappa shape index (κ3) is 4.62. The van der Waals surface area contributed by atoms with E-state index < -0.39 is 0 Å². The van der Waals surface area contributed by atoms with Crippen molar-refractivity contribution in [3.63, 3.8) is 0 Å². The molecule has 0 radical (unpaired) electrons. The van der Waals surface area contributed by atoms with E-state index >= 15 is 0 Å². The van der Waals surface area contributed by atoms with Crippen LogP contribution in [0.1, 0.15) is 44.9 Å². The molecule has 0 aromatic carbocycles. The van der Waals surface area contributed by atoms with E-state index in [1.165, 1.54) is 31.5 Å². The molecule has 0 bridgehead atoms. The van der Waals surface area contributed by atoms with E-state index in [1.807, 2.05) is 12.4 Å². The molecule has 4 heteroatoms. The van der Waals surface area contributed by atoms with Crippen LogP contribution in [0.2, 0.25) is 0 Å². The van der Waals surface area contributed by atoms with Crippen LogP contribution >= 0.6 is 0 Å². The van der Waals surface area contributed by atoms with Gasteiger partial charge in [-0.1, -0.05) is 6.92 Å². The lowest BCUT2D eigenvalue weighted by Crippen LogP contribution is -2.30. The van der Waals surface area contributed by atoms with Crippen LogP contribution in [-0.4, -0.2) is 34.8 Å². The van der Waals surface area contributed by atoms with Gasteiger partial charge in [0, 0.05) is 38.5 Å². The molecule has 1 aliphatic rings. The van der Waals surface area contributed by atoms with Gasteiger partial charge in [0.25, 0.3) is 0 Å². The zero-order valence-electron chi connectivity index (χ0n) is 12.3. The zero-order valence-corrected chi connectivity index (χ0v) is 12.3. The van der Waals surface area contributed by atoms with Crippen LogP contribution in [0.5, 0.6) is 0 Å². The normalized spacial score (nSPS) is 20.8. The molecule has 4 nitrogen and oxygen atoms in total. The fourth-order valence-corrected chi connectivity index (χ4v) is 2.84. The Kier molecular flexibility index (Phi) is 5.86. The van der Waals surface area contributed by atoms with Crippen molar-refractivity contribution in [1.29, 1.82) is 0 Å². The van der Waals surface area contributed by atoms with Gasteiger partial charge in [0.2, 0.25) is 0 Å². The second-order valence-corrected chi connectivity index (χ2v) is 5.46. The SMILES string of the molecule is CCNC(CCc1nccn1C)CCC1CCCO1. The van der Waals surface area contributed by atoms with Gasteiger partial charge in [-0.15, -0.1) is 0 Å². The molecule has 1 saturated heterocycles. The molecular weight excluding hydrogens is 238 g/mol. The standard InChI is InChI=1S/C15H27N3O/c1-3-16-13(6-8-14-5-4-12-19-14)7-9-15-17-10-11-18(15)2/h10-11,13-14,16H,3-9,12H2,1-2H3. The molecule has 0 spiro atoms. The largest absolute Gasteiger partial charge is 0.378 e. The van der Waals surface area contributed by atoms with Crippen molar-refractivity contribution in [1.82, 2.24) is 14.9 Å². The third-order valence-electron chi connectivity index (χ3n) is 3.99. The molecule has 2 atom stereocenters. The van der Waals surface area contributed by atoms with Crippen LogP contribution in [-0.2, 0) is 18.2 Å². The second kappa shape index (κ2) is 7.65. The second-order valence-electron chi connectivity index (χ2n) is 5.46. The summed E-state index contributed by atoms with van der Waals surface area (Å²) >= 11 is 0. The van der Waals surface area contributed by atoms with E-state index in [0.29, 0.717) is 12.1 Å². The highest BCUT2D eigenvalue weighted by molar-refractivity contribution is 4.92. The summed E-state index contributed by atoms with van der Waals surface area (Å²) in [6.45, 7) is 4.18. The maximum absolute atomic E-state index is 5.71. The van der Waals surface area contributed by atoms with Crippen LogP contribution < -0.4 is 5.32 Å². The smallest absolute Gasteiger partial charge is 0.108 e. The number of ether oxygens (including phenoxy) is 1. The average molecular weight is 265 g/mol. The van der Waals surface area contributed by atoms with E-state index in [1.54, 1.807) is 0 Å². The van der Waals surface area contributed by atoms with Crippen molar-refractivity contribution < 1.29 is 4.74 Å². The Labute approximate surface area is 116 Å². The predicted molar refractivity (Wildman–Crippen MR) is 77.2 cm³/mol. The van der Waals surface area contributed by atoms with Crippen LogP contribution in [0.25, 0.3) is 0 Å². The Hall–Kier alpha value is -0.870. The molecule has 2 rings (SSSR count). The summed E-state index contributed by atoms with van der Waals surface area (Å²) in [5.41, 5.74) is 0. The van der Waals surface area contributed by atoms with E-state index in [2.05, 4.69) is 28.8 Å². The van der Waals surface area contributed by atoms with Gasteiger partial charge in [0.05, 0.1) is 6.10 Å². The summed E-state index contributed by atoms with van der Waals surface area (Å²) in [7, 11) is 2.07. The minimum absolute atomic E-state index is 0.509. The Bertz CT molecular complexity index is 358. The maximum atomic E-state index is 5.71. The molecule has 1 N–H and O–H groups in total. The Morgan fingerprint density at radius 3 is 3.05 bits per heavy atom. The number of aromatic nitrogens is 2. The highest BCUT2D eigenvalue weighted by Crippen LogP contribution is 2.19. The lowest BCUT2D eigenvalue weighted by atomic mass is 10.0. The molecule has 19 heavy (non-hydrogen) atoms. The highest BCUT2D eigenvalue weighted by Gasteiger charge is 2.17. The lowest BCUT2D eigenvalue weighted by molar-refractivity contribution is 0.0993. The Morgan fingerprint density at radius 1 is 1.53 bits per heavy atom. The van der Waals surface area contributed by atoms with E-state index in [4.69, 9.17) is 4.74 Å². The van der Waals surface area contributed by atoms with Crippen molar-refractivity contribution in [2.45, 2.75) is 57.6 Å². The van der Waals surface area contributed by atoms with Crippen molar-refractivity contribution >= 4 is 0 Å². The molecule has 108 valence electrons. The van der Waals surface area contributed by atoms with Crippen LogP contribution in [0, 0.1) is 0 Å². The first-order valence-electron chi connectivity index (χ1n) is 7.60. The minimum Gasteiger partial charge on any atom is -0.378 e. The minimum atomic E-state index is 0.509. The summed E-state index contributed by atoms with van der Waals surface area (Å²) in [6.07, 6.45) is 11.5. The monoisotopic (exact) mass is 265 g/mol. The summed E-state index contributed by atoms with van der Waals surface area (Å²) in [4.78, 5) is 4.40. The Balaban J connectivity index is 1.73. The molecule has 1 fully saturated rings. The summed E-state index contributed by atoms with van der Waals surface area (Å²) in [5.74, 6) is 1.18. The van der Waals surface area contributed by atoms with Crippen molar-refractivity contribution in [3.05, 3.63) is 18.2 Å². The molecule has 2 heterocycles. The van der Waals surface area contributed by atoms with Crippen LogP contribution in [0.3, 0.4) is 0 Å². The van der Waals surface area contributed by atoms with Gasteiger partial charge in [0.15, 0.2) is 0 Å². The summed E-state index contributed by atoms with van der Waals surface area (Å²) in [6, 6.07) is 0.589.